The summed E-state index contributed by atoms with van der Waals surface area (Å²) in [5, 5.41) is 14.0. The third kappa shape index (κ3) is 5.26. The Kier molecular flexibility index (Phi) is 7.69. The topological polar surface area (TPSA) is 79.7 Å². The maximum absolute atomic E-state index is 13.2. The van der Waals surface area contributed by atoms with E-state index in [0.29, 0.717) is 6.54 Å². The van der Waals surface area contributed by atoms with Crippen molar-refractivity contribution in [2.75, 3.05) is 6.54 Å². The highest BCUT2D eigenvalue weighted by atomic mass is 16.1. The van der Waals surface area contributed by atoms with Crippen LogP contribution in [0.5, 0.6) is 0 Å². The van der Waals surface area contributed by atoms with E-state index in [2.05, 4.69) is 90.4 Å². The van der Waals surface area contributed by atoms with E-state index in [0.717, 1.165) is 53.7 Å². The number of aryl methyl sites for hydroxylation is 2. The van der Waals surface area contributed by atoms with Gasteiger partial charge in [-0.15, -0.1) is 5.10 Å². The molecule has 0 saturated carbocycles. The van der Waals surface area contributed by atoms with Gasteiger partial charge in [0.15, 0.2) is 5.82 Å². The number of aromatic amines is 1. The number of rotatable bonds is 10. The minimum Gasteiger partial charge on any atom is -0.321 e. The van der Waals surface area contributed by atoms with Gasteiger partial charge >= 0.3 is 0 Å². The second-order valence-electron chi connectivity index (χ2n) is 10.3. The van der Waals surface area contributed by atoms with Crippen LogP contribution in [0.15, 0.2) is 53.3 Å². The van der Waals surface area contributed by atoms with E-state index in [4.69, 9.17) is 0 Å². The number of para-hydroxylation sites is 1. The van der Waals surface area contributed by atoms with E-state index in [1.54, 1.807) is 0 Å². The Morgan fingerprint density at radius 1 is 1.03 bits per heavy atom. The van der Waals surface area contributed by atoms with Crippen LogP contribution in [0.3, 0.4) is 0 Å². The maximum atomic E-state index is 13.2. The van der Waals surface area contributed by atoms with Crippen molar-refractivity contribution in [2.24, 2.45) is 0 Å². The molecule has 0 aliphatic heterocycles. The number of benzene rings is 2. The van der Waals surface area contributed by atoms with E-state index in [-0.39, 0.29) is 17.1 Å². The molecule has 7 nitrogen and oxygen atoms in total. The van der Waals surface area contributed by atoms with Crippen molar-refractivity contribution in [1.29, 1.82) is 0 Å². The van der Waals surface area contributed by atoms with Crippen LogP contribution >= 0.6 is 0 Å². The van der Waals surface area contributed by atoms with E-state index < -0.39 is 0 Å². The van der Waals surface area contributed by atoms with Gasteiger partial charge in [0.25, 0.3) is 5.56 Å². The average molecular weight is 487 g/mol. The van der Waals surface area contributed by atoms with E-state index >= 15 is 0 Å². The number of nitrogens with zero attached hydrogens (tertiary/aromatic N) is 5. The number of aromatic nitrogens is 5. The Morgan fingerprint density at radius 2 is 1.78 bits per heavy atom. The molecule has 0 radical (unpaired) electrons. The molecule has 0 unspecified atom stereocenters. The molecule has 4 rings (SSSR count). The van der Waals surface area contributed by atoms with Crippen LogP contribution in [0.1, 0.15) is 74.7 Å². The number of nitrogens with one attached hydrogen (secondary N) is 1. The molecular formula is C29H38N6O. The van der Waals surface area contributed by atoms with Gasteiger partial charge in [-0.2, -0.15) is 0 Å². The summed E-state index contributed by atoms with van der Waals surface area (Å²) in [5.41, 5.74) is 5.08. The number of H-pyrrole nitrogens is 1. The summed E-state index contributed by atoms with van der Waals surface area (Å²) >= 11 is 0. The molecular weight excluding hydrogens is 448 g/mol. The molecule has 0 aliphatic carbocycles. The molecule has 190 valence electrons. The SMILES string of the molecule is CC[C@@H](c1nnnn1C(C)(C)CC)N(CCc1ccccc1C)Cc1cc2cccc(C)c2[nH]c1=O. The molecule has 0 saturated heterocycles. The van der Waals surface area contributed by atoms with Crippen molar-refractivity contribution in [1.82, 2.24) is 30.1 Å². The van der Waals surface area contributed by atoms with Crippen molar-refractivity contribution in [3.63, 3.8) is 0 Å². The van der Waals surface area contributed by atoms with Crippen LogP contribution in [0, 0.1) is 13.8 Å². The zero-order chi connectivity index (χ0) is 25.9. The molecule has 0 fully saturated rings. The van der Waals surface area contributed by atoms with Gasteiger partial charge in [0, 0.05) is 18.7 Å². The quantitative estimate of drug-likeness (QED) is 0.321. The summed E-state index contributed by atoms with van der Waals surface area (Å²) in [6.45, 7) is 14.1. The summed E-state index contributed by atoms with van der Waals surface area (Å²) < 4.78 is 1.97. The van der Waals surface area contributed by atoms with Gasteiger partial charge in [-0.25, -0.2) is 4.68 Å². The van der Waals surface area contributed by atoms with Gasteiger partial charge in [0.1, 0.15) is 0 Å². The predicted octanol–water partition coefficient (Wildman–Crippen LogP) is 5.47. The molecule has 4 aromatic rings. The van der Waals surface area contributed by atoms with E-state index in [1.807, 2.05) is 29.8 Å². The van der Waals surface area contributed by atoms with Crippen molar-refractivity contribution < 1.29 is 0 Å². The maximum Gasteiger partial charge on any atom is 0.252 e. The van der Waals surface area contributed by atoms with Crippen LogP contribution in [0.25, 0.3) is 10.9 Å². The molecule has 1 atom stereocenters. The lowest BCUT2D eigenvalue weighted by atomic mass is 10.0. The molecule has 0 amide bonds. The van der Waals surface area contributed by atoms with Gasteiger partial charge in [0.2, 0.25) is 0 Å². The summed E-state index contributed by atoms with van der Waals surface area (Å²) in [4.78, 5) is 18.7. The fourth-order valence-corrected chi connectivity index (χ4v) is 4.85. The lowest BCUT2D eigenvalue weighted by Gasteiger charge is -2.33. The number of hydrogen-bond acceptors (Lipinski definition) is 5. The molecule has 2 heterocycles. The Hall–Kier alpha value is -3.32. The molecule has 0 bridgehead atoms. The Balaban J connectivity index is 1.74. The molecule has 2 aromatic heterocycles. The Labute approximate surface area is 213 Å². The predicted molar refractivity (Wildman–Crippen MR) is 145 cm³/mol. The number of hydrogen-bond donors (Lipinski definition) is 1. The fraction of sp³-hybridized carbons (Fsp3) is 0.448. The summed E-state index contributed by atoms with van der Waals surface area (Å²) in [7, 11) is 0. The highest BCUT2D eigenvalue weighted by Crippen LogP contribution is 2.29. The summed E-state index contributed by atoms with van der Waals surface area (Å²) in [6.07, 6.45) is 2.62. The molecule has 36 heavy (non-hydrogen) atoms. The first-order valence-corrected chi connectivity index (χ1v) is 12.9. The van der Waals surface area contributed by atoms with Crippen molar-refractivity contribution in [3.8, 4) is 0 Å². The lowest BCUT2D eigenvalue weighted by Crippen LogP contribution is -2.37. The summed E-state index contributed by atoms with van der Waals surface area (Å²) in [5.74, 6) is 0.849. The zero-order valence-corrected chi connectivity index (χ0v) is 22.4. The summed E-state index contributed by atoms with van der Waals surface area (Å²) in [6, 6.07) is 16.6. The van der Waals surface area contributed by atoms with Crippen LogP contribution in [-0.2, 0) is 18.5 Å². The number of tetrazole rings is 1. The fourth-order valence-electron chi connectivity index (χ4n) is 4.85. The van der Waals surface area contributed by atoms with Crippen LogP contribution in [-0.4, -0.2) is 36.6 Å². The number of fused-ring (bicyclic) bond motifs is 1. The van der Waals surface area contributed by atoms with E-state index in [9.17, 15) is 4.79 Å². The van der Waals surface area contributed by atoms with Crippen molar-refractivity contribution in [2.45, 2.75) is 78.9 Å². The largest absolute Gasteiger partial charge is 0.321 e. The van der Waals surface area contributed by atoms with Gasteiger partial charge in [-0.1, -0.05) is 56.3 Å². The molecule has 2 aromatic carbocycles. The molecule has 7 heteroatoms. The first-order chi connectivity index (χ1) is 17.2. The van der Waals surface area contributed by atoms with Gasteiger partial charge in [-0.3, -0.25) is 9.69 Å². The first-order valence-electron chi connectivity index (χ1n) is 12.9. The second kappa shape index (κ2) is 10.7. The van der Waals surface area contributed by atoms with Crippen molar-refractivity contribution in [3.05, 3.63) is 87.0 Å². The Morgan fingerprint density at radius 3 is 2.50 bits per heavy atom. The monoisotopic (exact) mass is 486 g/mol. The molecule has 0 spiro atoms. The zero-order valence-electron chi connectivity index (χ0n) is 22.4. The number of pyridine rings is 1. The van der Waals surface area contributed by atoms with Gasteiger partial charge in [-0.05, 0) is 85.5 Å². The normalized spacial score (nSPS) is 13.0. The molecule has 1 N–H and O–H groups in total. The van der Waals surface area contributed by atoms with Crippen LogP contribution in [0.2, 0.25) is 0 Å². The third-order valence-electron chi connectivity index (χ3n) is 7.53. The lowest BCUT2D eigenvalue weighted by molar-refractivity contribution is 0.160. The smallest absolute Gasteiger partial charge is 0.252 e. The van der Waals surface area contributed by atoms with Gasteiger partial charge in [0.05, 0.1) is 17.1 Å². The van der Waals surface area contributed by atoms with Crippen LogP contribution < -0.4 is 5.56 Å². The second-order valence-corrected chi connectivity index (χ2v) is 10.3. The minimum absolute atomic E-state index is 0.0255. The molecule has 0 aliphatic rings. The van der Waals surface area contributed by atoms with Crippen molar-refractivity contribution >= 4 is 10.9 Å². The highest BCUT2D eigenvalue weighted by molar-refractivity contribution is 5.81. The van der Waals surface area contributed by atoms with Crippen LogP contribution in [0.4, 0.5) is 0 Å². The Bertz CT molecular complexity index is 1390. The first kappa shape index (κ1) is 25.8. The van der Waals surface area contributed by atoms with Gasteiger partial charge < -0.3 is 4.98 Å². The standard InChI is InChI=1S/C29H38N6O/c1-7-25(27-31-32-33-35(27)29(5,6)8-2)34(17-16-22-14-10-9-12-20(22)3)19-24-18-23-15-11-13-21(4)26(23)30-28(24)36/h9-15,18,25H,7-8,16-17,19H2,1-6H3,(H,30,36)/t25-/m0/s1. The highest BCUT2D eigenvalue weighted by Gasteiger charge is 2.31. The minimum atomic E-state index is -0.202. The third-order valence-corrected chi connectivity index (χ3v) is 7.53. The van der Waals surface area contributed by atoms with E-state index in [1.165, 1.54) is 11.1 Å². The average Bonchev–Trinajstić information content (AvgIpc) is 3.35.